The number of nitrogens with one attached hydrogen (secondary N) is 1. The number of benzene rings is 2. The lowest BCUT2D eigenvalue weighted by molar-refractivity contribution is -0.148. The van der Waals surface area contributed by atoms with Gasteiger partial charge in [0, 0.05) is 17.3 Å². The Morgan fingerprint density at radius 2 is 1.79 bits per heavy atom. The highest BCUT2D eigenvalue weighted by molar-refractivity contribution is 5.96. The van der Waals surface area contributed by atoms with E-state index >= 15 is 0 Å². The quantitative estimate of drug-likeness (QED) is 0.527. The molecule has 6 nitrogen and oxygen atoms in total. The molecular formula is C21H21F2NO5. The molecule has 0 aliphatic rings. The smallest absolute Gasteiger partial charge is 0.387 e. The van der Waals surface area contributed by atoms with Gasteiger partial charge in [-0.05, 0) is 38.1 Å². The summed E-state index contributed by atoms with van der Waals surface area (Å²) in [5, 5.41) is 2.63. The number of carbonyl (C=O) groups excluding carboxylic acids is 2. The molecule has 2 aromatic carbocycles. The SMILES string of the molecule is COc1cccc(/C=C/C(=O)O[C@H](C)C(=O)Nc2ccc(C)cc2)c1OC(F)F. The van der Waals surface area contributed by atoms with E-state index in [4.69, 9.17) is 9.47 Å². The number of amides is 1. The van der Waals surface area contributed by atoms with Gasteiger partial charge >= 0.3 is 12.6 Å². The van der Waals surface area contributed by atoms with Crippen LogP contribution in [0.5, 0.6) is 11.5 Å². The molecule has 29 heavy (non-hydrogen) atoms. The van der Waals surface area contributed by atoms with E-state index in [0.717, 1.165) is 11.6 Å². The Hall–Kier alpha value is -3.42. The number of halogens is 2. The Morgan fingerprint density at radius 1 is 1.10 bits per heavy atom. The summed E-state index contributed by atoms with van der Waals surface area (Å²) >= 11 is 0. The number of para-hydroxylation sites is 1. The number of esters is 1. The molecule has 2 aromatic rings. The van der Waals surface area contributed by atoms with Gasteiger partial charge in [-0.15, -0.1) is 0 Å². The number of carbonyl (C=O) groups is 2. The number of aryl methyl sites for hydroxylation is 1. The topological polar surface area (TPSA) is 73.9 Å². The van der Waals surface area contributed by atoms with Gasteiger partial charge in [-0.1, -0.05) is 29.8 Å². The van der Waals surface area contributed by atoms with E-state index in [2.05, 4.69) is 10.1 Å². The highest BCUT2D eigenvalue weighted by atomic mass is 19.3. The first-order valence-corrected chi connectivity index (χ1v) is 8.68. The zero-order chi connectivity index (χ0) is 21.4. The molecule has 0 saturated heterocycles. The maximum atomic E-state index is 12.6. The third-order valence-corrected chi connectivity index (χ3v) is 3.82. The first-order chi connectivity index (χ1) is 13.8. The molecule has 8 heteroatoms. The van der Waals surface area contributed by atoms with Crippen molar-refractivity contribution in [2.24, 2.45) is 0 Å². The molecule has 0 fully saturated rings. The molecule has 0 spiro atoms. The fourth-order valence-electron chi connectivity index (χ4n) is 2.35. The number of hydrogen-bond acceptors (Lipinski definition) is 5. The van der Waals surface area contributed by atoms with Crippen molar-refractivity contribution in [2.45, 2.75) is 26.6 Å². The van der Waals surface area contributed by atoms with Crippen molar-refractivity contribution in [3.8, 4) is 11.5 Å². The standard InChI is InChI=1S/C21H21F2NO5/c1-13-7-10-16(11-8-13)24-20(26)14(2)28-18(25)12-9-15-5-4-6-17(27-3)19(15)29-21(22)23/h4-12,14,21H,1-3H3,(H,24,26)/b12-9+/t14-/m1/s1. The Labute approximate surface area is 167 Å². The zero-order valence-corrected chi connectivity index (χ0v) is 16.1. The molecule has 0 aliphatic carbocycles. The summed E-state index contributed by atoms with van der Waals surface area (Å²) < 4.78 is 39.8. The van der Waals surface area contributed by atoms with Crippen molar-refractivity contribution >= 4 is 23.6 Å². The van der Waals surface area contributed by atoms with Crippen LogP contribution in [0.3, 0.4) is 0 Å². The number of anilines is 1. The number of alkyl halides is 2. The van der Waals surface area contributed by atoms with Gasteiger partial charge in [0.1, 0.15) is 0 Å². The summed E-state index contributed by atoms with van der Waals surface area (Å²) in [5.74, 6) is -1.44. The van der Waals surface area contributed by atoms with Gasteiger partial charge in [0.05, 0.1) is 7.11 Å². The van der Waals surface area contributed by atoms with Crippen LogP contribution in [0.1, 0.15) is 18.1 Å². The van der Waals surface area contributed by atoms with E-state index in [1.54, 1.807) is 18.2 Å². The van der Waals surface area contributed by atoms with Crippen LogP contribution >= 0.6 is 0 Å². The van der Waals surface area contributed by atoms with Crippen molar-refractivity contribution in [1.29, 1.82) is 0 Å². The van der Waals surface area contributed by atoms with Crippen molar-refractivity contribution in [3.63, 3.8) is 0 Å². The predicted octanol–water partition coefficient (Wildman–Crippen LogP) is 4.19. The molecule has 0 bridgehead atoms. The first-order valence-electron chi connectivity index (χ1n) is 8.68. The van der Waals surface area contributed by atoms with Gasteiger partial charge in [0.25, 0.3) is 5.91 Å². The van der Waals surface area contributed by atoms with Crippen LogP contribution < -0.4 is 14.8 Å². The fourth-order valence-corrected chi connectivity index (χ4v) is 2.35. The molecule has 0 aliphatic heterocycles. The van der Waals surface area contributed by atoms with Crippen LogP contribution in [-0.4, -0.2) is 31.7 Å². The van der Waals surface area contributed by atoms with Crippen molar-refractivity contribution in [1.82, 2.24) is 0 Å². The molecule has 0 saturated carbocycles. The van der Waals surface area contributed by atoms with E-state index in [-0.39, 0.29) is 17.1 Å². The Balaban J connectivity index is 2.01. The maximum Gasteiger partial charge on any atom is 0.387 e. The van der Waals surface area contributed by atoms with Gasteiger partial charge < -0.3 is 19.5 Å². The zero-order valence-electron chi connectivity index (χ0n) is 16.1. The Bertz CT molecular complexity index is 881. The van der Waals surface area contributed by atoms with Gasteiger partial charge in [-0.25, -0.2) is 4.79 Å². The molecular weight excluding hydrogens is 384 g/mol. The van der Waals surface area contributed by atoms with Crippen LogP contribution in [0, 0.1) is 6.92 Å². The molecule has 1 N–H and O–H groups in total. The summed E-state index contributed by atoms with van der Waals surface area (Å²) in [6.07, 6.45) is 1.20. The average molecular weight is 405 g/mol. The number of ether oxygens (including phenoxy) is 3. The Kier molecular flexibility index (Phi) is 7.70. The lowest BCUT2D eigenvalue weighted by atomic mass is 10.1. The van der Waals surface area contributed by atoms with Gasteiger partial charge in [0.15, 0.2) is 17.6 Å². The number of methoxy groups -OCH3 is 1. The van der Waals surface area contributed by atoms with Crippen molar-refractivity contribution < 1.29 is 32.6 Å². The third kappa shape index (κ3) is 6.60. The summed E-state index contributed by atoms with van der Waals surface area (Å²) in [7, 11) is 1.31. The maximum absolute atomic E-state index is 12.6. The lowest BCUT2D eigenvalue weighted by Crippen LogP contribution is -2.29. The molecule has 154 valence electrons. The molecule has 0 unspecified atom stereocenters. The summed E-state index contributed by atoms with van der Waals surface area (Å²) in [6.45, 7) is 0.282. The summed E-state index contributed by atoms with van der Waals surface area (Å²) in [5.41, 5.74) is 1.81. The molecule has 1 atom stereocenters. The number of rotatable bonds is 8. The van der Waals surface area contributed by atoms with Crippen LogP contribution in [0.4, 0.5) is 14.5 Å². The minimum atomic E-state index is -3.06. The highest BCUT2D eigenvalue weighted by Gasteiger charge is 2.17. The first kappa shape index (κ1) is 21.9. The van der Waals surface area contributed by atoms with Crippen LogP contribution in [0.2, 0.25) is 0 Å². The van der Waals surface area contributed by atoms with Gasteiger partial charge in [0.2, 0.25) is 0 Å². The summed E-state index contributed by atoms with van der Waals surface area (Å²) in [6, 6.07) is 11.6. The number of hydrogen-bond donors (Lipinski definition) is 1. The van der Waals surface area contributed by atoms with Crippen molar-refractivity contribution in [3.05, 3.63) is 59.7 Å². The average Bonchev–Trinajstić information content (AvgIpc) is 2.68. The molecule has 0 heterocycles. The minimum Gasteiger partial charge on any atom is -0.493 e. The van der Waals surface area contributed by atoms with Crippen LogP contribution in [0.25, 0.3) is 6.08 Å². The normalized spacial score (nSPS) is 11.9. The van der Waals surface area contributed by atoms with E-state index in [1.165, 1.54) is 32.2 Å². The monoisotopic (exact) mass is 405 g/mol. The van der Waals surface area contributed by atoms with E-state index in [0.29, 0.717) is 5.69 Å². The second kappa shape index (κ2) is 10.2. The van der Waals surface area contributed by atoms with E-state index in [1.807, 2.05) is 19.1 Å². The molecule has 2 rings (SSSR count). The highest BCUT2D eigenvalue weighted by Crippen LogP contribution is 2.33. The lowest BCUT2D eigenvalue weighted by Gasteiger charge is -2.13. The van der Waals surface area contributed by atoms with E-state index < -0.39 is 24.6 Å². The van der Waals surface area contributed by atoms with Crippen molar-refractivity contribution in [2.75, 3.05) is 12.4 Å². The predicted molar refractivity (Wildman–Crippen MR) is 104 cm³/mol. The van der Waals surface area contributed by atoms with Gasteiger partial charge in [-0.3, -0.25) is 4.79 Å². The second-order valence-corrected chi connectivity index (χ2v) is 6.02. The minimum absolute atomic E-state index is 0.0895. The second-order valence-electron chi connectivity index (χ2n) is 6.02. The van der Waals surface area contributed by atoms with Gasteiger partial charge in [-0.2, -0.15) is 8.78 Å². The summed E-state index contributed by atoms with van der Waals surface area (Å²) in [4.78, 5) is 24.1. The Morgan fingerprint density at radius 3 is 2.41 bits per heavy atom. The largest absolute Gasteiger partial charge is 0.493 e. The molecule has 0 aromatic heterocycles. The molecule has 1 amide bonds. The third-order valence-electron chi connectivity index (χ3n) is 3.82. The molecule has 0 radical (unpaired) electrons. The van der Waals surface area contributed by atoms with Crippen LogP contribution in [0.15, 0.2) is 48.5 Å². The van der Waals surface area contributed by atoms with E-state index in [9.17, 15) is 18.4 Å². The fraction of sp³-hybridized carbons (Fsp3) is 0.238. The van der Waals surface area contributed by atoms with Crippen LogP contribution in [-0.2, 0) is 14.3 Å².